The van der Waals surface area contributed by atoms with Crippen molar-refractivity contribution in [2.75, 3.05) is 43.1 Å². The van der Waals surface area contributed by atoms with Crippen molar-refractivity contribution in [3.05, 3.63) is 48.2 Å². The van der Waals surface area contributed by atoms with Gasteiger partial charge in [0.1, 0.15) is 11.6 Å². The molecule has 0 aliphatic carbocycles. The van der Waals surface area contributed by atoms with Crippen LogP contribution in [0.3, 0.4) is 0 Å². The molecule has 0 N–H and O–H groups in total. The fourth-order valence-corrected chi connectivity index (χ4v) is 2.77. The summed E-state index contributed by atoms with van der Waals surface area (Å²) in [5.74, 6) is 1.16. The second kappa shape index (κ2) is 6.59. The van der Waals surface area contributed by atoms with Crippen molar-refractivity contribution in [3.8, 4) is 5.75 Å². The molecule has 2 aromatic rings. The Morgan fingerprint density at radius 2 is 1.71 bits per heavy atom. The standard InChI is InChI=1S/C17H18F3N3O/c1-24-15-4-2-3-14(12-15)22-7-9-23(10-8-22)16-11-13(5-6-21-16)17(18,19)20/h2-6,11-12H,7-10H2,1H3. The Morgan fingerprint density at radius 3 is 2.38 bits per heavy atom. The van der Waals surface area contributed by atoms with Gasteiger partial charge < -0.3 is 14.5 Å². The van der Waals surface area contributed by atoms with Crippen molar-refractivity contribution in [2.24, 2.45) is 0 Å². The van der Waals surface area contributed by atoms with Gasteiger partial charge in [-0.1, -0.05) is 6.07 Å². The van der Waals surface area contributed by atoms with Crippen LogP contribution >= 0.6 is 0 Å². The van der Waals surface area contributed by atoms with E-state index in [2.05, 4.69) is 9.88 Å². The monoisotopic (exact) mass is 337 g/mol. The molecule has 1 aliphatic rings. The highest BCUT2D eigenvalue weighted by Gasteiger charge is 2.31. The summed E-state index contributed by atoms with van der Waals surface area (Å²) in [5, 5.41) is 0. The maximum Gasteiger partial charge on any atom is 0.416 e. The average Bonchev–Trinajstić information content (AvgIpc) is 2.61. The fourth-order valence-electron chi connectivity index (χ4n) is 2.77. The van der Waals surface area contributed by atoms with E-state index < -0.39 is 11.7 Å². The molecule has 1 fully saturated rings. The van der Waals surface area contributed by atoms with Gasteiger partial charge in [-0.15, -0.1) is 0 Å². The minimum absolute atomic E-state index is 0.370. The Balaban J connectivity index is 1.69. The first kappa shape index (κ1) is 16.4. The third kappa shape index (κ3) is 3.55. The van der Waals surface area contributed by atoms with Crippen molar-refractivity contribution in [1.82, 2.24) is 4.98 Å². The van der Waals surface area contributed by atoms with Gasteiger partial charge in [-0.3, -0.25) is 0 Å². The highest BCUT2D eigenvalue weighted by atomic mass is 19.4. The zero-order valence-electron chi connectivity index (χ0n) is 13.3. The Labute approximate surface area is 138 Å². The topological polar surface area (TPSA) is 28.6 Å². The number of halogens is 3. The van der Waals surface area contributed by atoms with Crippen LogP contribution in [-0.4, -0.2) is 38.3 Å². The summed E-state index contributed by atoms with van der Waals surface area (Å²) in [6.45, 7) is 2.66. The van der Waals surface area contributed by atoms with Crippen LogP contribution in [0.4, 0.5) is 24.7 Å². The van der Waals surface area contributed by atoms with Crippen molar-refractivity contribution >= 4 is 11.5 Å². The van der Waals surface area contributed by atoms with Crippen LogP contribution in [0.15, 0.2) is 42.6 Å². The highest BCUT2D eigenvalue weighted by Crippen LogP contribution is 2.31. The lowest BCUT2D eigenvalue weighted by Crippen LogP contribution is -2.46. The molecule has 0 bridgehead atoms. The molecule has 1 aromatic heterocycles. The number of alkyl halides is 3. The number of nitrogens with zero attached hydrogens (tertiary/aromatic N) is 3. The second-order valence-corrected chi connectivity index (χ2v) is 5.58. The zero-order valence-corrected chi connectivity index (χ0v) is 13.3. The van der Waals surface area contributed by atoms with Crippen LogP contribution in [-0.2, 0) is 6.18 Å². The Hall–Kier alpha value is -2.44. The van der Waals surface area contributed by atoms with Gasteiger partial charge in [-0.05, 0) is 24.3 Å². The molecule has 7 heteroatoms. The molecule has 1 saturated heterocycles. The number of ether oxygens (including phenoxy) is 1. The van der Waals surface area contributed by atoms with Gasteiger partial charge in [0.15, 0.2) is 0 Å². The molecule has 1 aliphatic heterocycles. The van der Waals surface area contributed by atoms with E-state index in [-0.39, 0.29) is 0 Å². The average molecular weight is 337 g/mol. The largest absolute Gasteiger partial charge is 0.497 e. The predicted molar refractivity (Wildman–Crippen MR) is 86.7 cm³/mol. The molecular weight excluding hydrogens is 319 g/mol. The molecule has 2 heterocycles. The van der Waals surface area contributed by atoms with Gasteiger partial charge in [0.05, 0.1) is 12.7 Å². The normalized spacial score (nSPS) is 15.5. The van der Waals surface area contributed by atoms with E-state index >= 15 is 0 Å². The molecule has 0 radical (unpaired) electrons. The van der Waals surface area contributed by atoms with Gasteiger partial charge in [0, 0.05) is 44.1 Å². The van der Waals surface area contributed by atoms with Crippen molar-refractivity contribution in [2.45, 2.75) is 6.18 Å². The maximum atomic E-state index is 12.8. The van der Waals surface area contributed by atoms with E-state index in [0.717, 1.165) is 23.6 Å². The van der Waals surface area contributed by atoms with Crippen LogP contribution < -0.4 is 14.5 Å². The van der Waals surface area contributed by atoms with Crippen LogP contribution in [0.25, 0.3) is 0 Å². The van der Waals surface area contributed by atoms with Crippen molar-refractivity contribution in [3.63, 3.8) is 0 Å². The SMILES string of the molecule is COc1cccc(N2CCN(c3cc(C(F)(F)F)ccn3)CC2)c1. The number of rotatable bonds is 3. The fraction of sp³-hybridized carbons (Fsp3) is 0.353. The first-order valence-electron chi connectivity index (χ1n) is 7.64. The first-order valence-corrected chi connectivity index (χ1v) is 7.64. The molecule has 4 nitrogen and oxygen atoms in total. The summed E-state index contributed by atoms with van der Waals surface area (Å²) in [7, 11) is 1.62. The number of anilines is 2. The number of aromatic nitrogens is 1. The van der Waals surface area contributed by atoms with Gasteiger partial charge >= 0.3 is 6.18 Å². The Morgan fingerprint density at radius 1 is 1.00 bits per heavy atom. The molecule has 24 heavy (non-hydrogen) atoms. The number of hydrogen-bond donors (Lipinski definition) is 0. The zero-order chi connectivity index (χ0) is 17.2. The lowest BCUT2D eigenvalue weighted by atomic mass is 10.2. The van der Waals surface area contributed by atoms with Crippen molar-refractivity contribution in [1.29, 1.82) is 0 Å². The minimum Gasteiger partial charge on any atom is -0.497 e. The summed E-state index contributed by atoms with van der Waals surface area (Å²) < 4.78 is 43.7. The Bertz CT molecular complexity index is 697. The summed E-state index contributed by atoms with van der Waals surface area (Å²) in [4.78, 5) is 8.16. The van der Waals surface area contributed by atoms with E-state index in [1.54, 1.807) is 7.11 Å². The lowest BCUT2D eigenvalue weighted by Gasteiger charge is -2.37. The molecule has 0 spiro atoms. The van der Waals surface area contributed by atoms with E-state index in [0.29, 0.717) is 32.0 Å². The van der Waals surface area contributed by atoms with E-state index in [1.807, 2.05) is 29.2 Å². The highest BCUT2D eigenvalue weighted by molar-refractivity contribution is 5.53. The molecule has 1 aromatic carbocycles. The molecule has 0 atom stereocenters. The van der Waals surface area contributed by atoms with E-state index in [1.165, 1.54) is 6.20 Å². The molecule has 0 unspecified atom stereocenters. The van der Waals surface area contributed by atoms with Crippen molar-refractivity contribution < 1.29 is 17.9 Å². The second-order valence-electron chi connectivity index (χ2n) is 5.58. The van der Waals surface area contributed by atoms with Crippen LogP contribution in [0, 0.1) is 0 Å². The predicted octanol–water partition coefficient (Wildman–Crippen LogP) is 3.44. The summed E-state index contributed by atoms with van der Waals surface area (Å²) >= 11 is 0. The molecular formula is C17H18F3N3O. The van der Waals surface area contributed by atoms with Crippen LogP contribution in [0.1, 0.15) is 5.56 Å². The smallest absolute Gasteiger partial charge is 0.416 e. The third-order valence-electron chi connectivity index (χ3n) is 4.09. The van der Waals surface area contributed by atoms with Gasteiger partial charge in [-0.2, -0.15) is 13.2 Å². The number of pyridine rings is 1. The molecule has 0 saturated carbocycles. The molecule has 128 valence electrons. The van der Waals surface area contributed by atoms with Gasteiger partial charge in [0.25, 0.3) is 0 Å². The summed E-state index contributed by atoms with van der Waals surface area (Å²) in [6, 6.07) is 9.87. The van der Waals surface area contributed by atoms with Gasteiger partial charge in [-0.25, -0.2) is 4.98 Å². The summed E-state index contributed by atoms with van der Waals surface area (Å²) in [5.41, 5.74) is 0.383. The summed E-state index contributed by atoms with van der Waals surface area (Å²) in [6.07, 6.45) is -3.13. The number of hydrogen-bond acceptors (Lipinski definition) is 4. The Kier molecular flexibility index (Phi) is 4.51. The van der Waals surface area contributed by atoms with E-state index in [4.69, 9.17) is 4.74 Å². The quantitative estimate of drug-likeness (QED) is 0.858. The minimum atomic E-state index is -4.35. The number of piperazine rings is 1. The molecule has 0 amide bonds. The number of methoxy groups -OCH3 is 1. The number of benzene rings is 1. The molecule has 3 rings (SSSR count). The maximum absolute atomic E-state index is 12.8. The lowest BCUT2D eigenvalue weighted by molar-refractivity contribution is -0.137. The first-order chi connectivity index (χ1) is 11.5. The third-order valence-corrected chi connectivity index (χ3v) is 4.09. The van der Waals surface area contributed by atoms with E-state index in [9.17, 15) is 13.2 Å². The van der Waals surface area contributed by atoms with Crippen LogP contribution in [0.5, 0.6) is 5.75 Å². The van der Waals surface area contributed by atoms with Crippen LogP contribution in [0.2, 0.25) is 0 Å². The van der Waals surface area contributed by atoms with Gasteiger partial charge in [0.2, 0.25) is 0 Å².